The monoisotopic (exact) mass is 429 g/mol. The van der Waals surface area contributed by atoms with Gasteiger partial charge in [0.2, 0.25) is 0 Å². The van der Waals surface area contributed by atoms with Crippen molar-refractivity contribution >= 4 is 5.78 Å². The number of unbranched alkanes of at least 4 members (excludes halogenated alkanes) is 11. The van der Waals surface area contributed by atoms with E-state index in [1.54, 1.807) is 36.4 Å². The molecule has 6 nitrogen and oxygen atoms in total. The highest BCUT2D eigenvalue weighted by molar-refractivity contribution is 6.04. The highest BCUT2D eigenvalue weighted by Gasteiger charge is 2.41. The normalized spacial score (nSPS) is 14.2. The van der Waals surface area contributed by atoms with Gasteiger partial charge in [-0.2, -0.15) is 0 Å². The highest BCUT2D eigenvalue weighted by Crippen LogP contribution is 2.23. The number of hydrogen-bond acceptors (Lipinski definition) is 4. The Kier molecular flexibility index (Phi) is 14.3. The van der Waals surface area contributed by atoms with Crippen LogP contribution in [0.3, 0.4) is 0 Å². The second-order valence-electron chi connectivity index (χ2n) is 8.15. The topological polar surface area (TPSA) is 106 Å². The van der Waals surface area contributed by atoms with Gasteiger partial charge in [-0.15, -0.1) is 0 Å². The first-order chi connectivity index (χ1) is 15.1. The lowest BCUT2D eigenvalue weighted by molar-refractivity contribution is 0.0319. The summed E-state index contributed by atoms with van der Waals surface area (Å²) < 4.78 is 0. The predicted molar refractivity (Wildman–Crippen MR) is 126 cm³/mol. The number of benzene rings is 1. The van der Waals surface area contributed by atoms with Gasteiger partial charge in [-0.1, -0.05) is 113 Å². The molecule has 172 valence electrons. The van der Waals surface area contributed by atoms with Crippen LogP contribution in [0.1, 0.15) is 94.3 Å². The van der Waals surface area contributed by atoms with Crippen molar-refractivity contribution in [1.82, 2.24) is 0 Å². The lowest BCUT2D eigenvalue weighted by atomic mass is 9.85. The summed E-state index contributed by atoms with van der Waals surface area (Å²) in [6, 6.07) is 7.08. The Morgan fingerprint density at radius 3 is 2.10 bits per heavy atom. The van der Waals surface area contributed by atoms with Crippen molar-refractivity contribution in [3.05, 3.63) is 58.5 Å². The summed E-state index contributed by atoms with van der Waals surface area (Å²) in [4.78, 5) is 15.6. The Hall–Kier alpha value is -2.14. The molecule has 2 atom stereocenters. The number of allylic oxidation sites excluding steroid dienone is 1. The highest BCUT2D eigenvalue weighted by atomic mass is 16.3. The Bertz CT molecular complexity index is 687. The van der Waals surface area contributed by atoms with Gasteiger partial charge in [-0.05, 0) is 24.4 Å². The zero-order valence-corrected chi connectivity index (χ0v) is 19.0. The van der Waals surface area contributed by atoms with Crippen LogP contribution in [-0.2, 0) is 0 Å². The zero-order valence-electron chi connectivity index (χ0n) is 19.0. The molecule has 0 aliphatic heterocycles. The second-order valence-corrected chi connectivity index (χ2v) is 8.15. The molecule has 31 heavy (non-hydrogen) atoms. The summed E-state index contributed by atoms with van der Waals surface area (Å²) in [7, 11) is 0. The van der Waals surface area contributed by atoms with Crippen molar-refractivity contribution in [3.8, 4) is 0 Å². The number of rotatable bonds is 18. The van der Waals surface area contributed by atoms with E-state index in [9.17, 15) is 15.0 Å². The lowest BCUT2D eigenvalue weighted by Crippen LogP contribution is -2.48. The molecule has 0 unspecified atom stereocenters. The third kappa shape index (κ3) is 10.1. The number of azide groups is 1. The fourth-order valence-electron chi connectivity index (χ4n) is 3.67. The summed E-state index contributed by atoms with van der Waals surface area (Å²) in [5.74, 6) is -0.588. The molecule has 0 aliphatic carbocycles. The molecule has 6 heteroatoms. The summed E-state index contributed by atoms with van der Waals surface area (Å²) in [6.45, 7) is 1.62. The standard InChI is InChI=1S/C25H39N3O3/c1-2-3-4-5-6-7-8-9-10-11-12-13-17-20-25(31,23(21-29)27-28-26)24(30)22-18-15-14-16-19-22/h14-20,23,29,31H,2-13,21H2,1H3/b20-17+/t23-,25+/m0/s1. The lowest BCUT2D eigenvalue weighted by Gasteiger charge is -2.28. The smallest absolute Gasteiger partial charge is 0.198 e. The average molecular weight is 430 g/mol. The number of ketones is 1. The minimum absolute atomic E-state index is 0.302. The Morgan fingerprint density at radius 1 is 1.03 bits per heavy atom. The summed E-state index contributed by atoms with van der Waals surface area (Å²) in [5.41, 5.74) is 7.00. The average Bonchev–Trinajstić information content (AvgIpc) is 2.80. The Morgan fingerprint density at radius 2 is 1.58 bits per heavy atom. The minimum Gasteiger partial charge on any atom is -0.396 e. The Balaban J connectivity index is 2.46. The van der Waals surface area contributed by atoms with E-state index in [1.807, 2.05) is 0 Å². The van der Waals surface area contributed by atoms with Gasteiger partial charge in [0, 0.05) is 10.5 Å². The molecular weight excluding hydrogens is 390 g/mol. The van der Waals surface area contributed by atoms with E-state index in [2.05, 4.69) is 16.9 Å². The molecule has 1 rings (SSSR count). The van der Waals surface area contributed by atoms with E-state index in [0.717, 1.165) is 19.3 Å². The maximum atomic E-state index is 12.9. The van der Waals surface area contributed by atoms with Gasteiger partial charge in [0.05, 0.1) is 6.61 Å². The number of hydrogen-bond donors (Lipinski definition) is 2. The number of Topliss-reactive ketones (excluding diaryl/α,β-unsaturated/α-hetero) is 1. The van der Waals surface area contributed by atoms with Crippen LogP contribution >= 0.6 is 0 Å². The van der Waals surface area contributed by atoms with Crippen LogP contribution in [0.5, 0.6) is 0 Å². The molecule has 0 saturated heterocycles. The number of aliphatic hydroxyl groups excluding tert-OH is 1. The Labute approximate surface area is 187 Å². The number of nitrogens with zero attached hydrogens (tertiary/aromatic N) is 3. The van der Waals surface area contributed by atoms with Crippen LogP contribution in [0, 0.1) is 0 Å². The van der Waals surface area contributed by atoms with Gasteiger partial charge in [0.25, 0.3) is 0 Å². The molecule has 0 radical (unpaired) electrons. The summed E-state index contributed by atoms with van der Waals surface area (Å²) in [5, 5.41) is 24.1. The van der Waals surface area contributed by atoms with Gasteiger partial charge >= 0.3 is 0 Å². The SMILES string of the molecule is CCCCCCCCCCCCC/C=C/[C@](O)(C(=O)c1ccccc1)[C@H](CO)N=[N+]=[N-]. The number of carbonyl (C=O) groups is 1. The van der Waals surface area contributed by atoms with E-state index in [1.165, 1.54) is 63.9 Å². The first kappa shape index (κ1) is 26.9. The predicted octanol–water partition coefficient (Wildman–Crippen LogP) is 6.53. The third-order valence-corrected chi connectivity index (χ3v) is 5.62. The van der Waals surface area contributed by atoms with E-state index >= 15 is 0 Å². The molecule has 0 bridgehead atoms. The molecule has 0 heterocycles. The van der Waals surface area contributed by atoms with Gasteiger partial charge in [-0.3, -0.25) is 4.79 Å². The van der Waals surface area contributed by atoms with Crippen LogP contribution in [0.15, 0.2) is 47.6 Å². The zero-order chi connectivity index (χ0) is 22.8. The van der Waals surface area contributed by atoms with Gasteiger partial charge < -0.3 is 10.2 Å². The van der Waals surface area contributed by atoms with Crippen molar-refractivity contribution in [3.63, 3.8) is 0 Å². The van der Waals surface area contributed by atoms with Crippen molar-refractivity contribution in [1.29, 1.82) is 0 Å². The first-order valence-electron chi connectivity index (χ1n) is 11.7. The quantitative estimate of drug-likeness (QED) is 0.0691. The van der Waals surface area contributed by atoms with E-state index in [-0.39, 0.29) is 0 Å². The van der Waals surface area contributed by atoms with Gasteiger partial charge in [0.15, 0.2) is 11.4 Å². The molecule has 2 N–H and O–H groups in total. The first-order valence-corrected chi connectivity index (χ1v) is 11.7. The minimum atomic E-state index is -2.07. The van der Waals surface area contributed by atoms with Crippen molar-refractivity contribution in [2.45, 2.75) is 95.6 Å². The largest absolute Gasteiger partial charge is 0.396 e. The molecular formula is C25H39N3O3. The molecule has 0 aliphatic rings. The number of carbonyl (C=O) groups excluding carboxylic acids is 1. The van der Waals surface area contributed by atoms with Crippen LogP contribution < -0.4 is 0 Å². The maximum Gasteiger partial charge on any atom is 0.198 e. The van der Waals surface area contributed by atoms with Crippen molar-refractivity contribution in [2.24, 2.45) is 5.11 Å². The second kappa shape index (κ2) is 16.5. The van der Waals surface area contributed by atoms with E-state index in [4.69, 9.17) is 5.53 Å². The molecule has 0 fully saturated rings. The van der Waals surface area contributed by atoms with Gasteiger partial charge in [-0.25, -0.2) is 0 Å². The fourth-order valence-corrected chi connectivity index (χ4v) is 3.67. The van der Waals surface area contributed by atoms with Gasteiger partial charge in [0.1, 0.15) is 6.04 Å². The molecule has 0 saturated carbocycles. The van der Waals surface area contributed by atoms with Crippen LogP contribution in [0.25, 0.3) is 10.4 Å². The molecule has 0 amide bonds. The fraction of sp³-hybridized carbons (Fsp3) is 0.640. The summed E-state index contributed by atoms with van der Waals surface area (Å²) in [6.07, 6.45) is 17.7. The van der Waals surface area contributed by atoms with Crippen molar-refractivity contribution < 1.29 is 15.0 Å². The molecule has 1 aromatic carbocycles. The molecule has 1 aromatic rings. The molecule has 0 aromatic heterocycles. The summed E-state index contributed by atoms with van der Waals surface area (Å²) >= 11 is 0. The third-order valence-electron chi connectivity index (χ3n) is 5.62. The van der Waals surface area contributed by atoms with E-state index < -0.39 is 24.0 Å². The molecule has 0 spiro atoms. The number of aliphatic hydroxyl groups is 2. The van der Waals surface area contributed by atoms with Crippen LogP contribution in [-0.4, -0.2) is 34.2 Å². The van der Waals surface area contributed by atoms with Crippen molar-refractivity contribution in [2.75, 3.05) is 6.61 Å². The van der Waals surface area contributed by atoms with Crippen LogP contribution in [0.4, 0.5) is 0 Å². The van der Waals surface area contributed by atoms with Crippen LogP contribution in [0.2, 0.25) is 0 Å². The maximum absolute atomic E-state index is 12.9. The van der Waals surface area contributed by atoms with E-state index in [0.29, 0.717) is 5.56 Å².